The van der Waals surface area contributed by atoms with Crippen molar-refractivity contribution in [1.82, 2.24) is 19.7 Å². The van der Waals surface area contributed by atoms with Gasteiger partial charge in [0, 0.05) is 18.8 Å². The van der Waals surface area contributed by atoms with Crippen LogP contribution in [0.3, 0.4) is 0 Å². The van der Waals surface area contributed by atoms with Crippen molar-refractivity contribution in [3.05, 3.63) is 59.9 Å². The fourth-order valence-corrected chi connectivity index (χ4v) is 4.32. The fraction of sp³-hybridized carbons (Fsp3) is 0.318. The van der Waals surface area contributed by atoms with Crippen LogP contribution in [0, 0.1) is 12.7 Å². The van der Waals surface area contributed by atoms with Gasteiger partial charge >= 0.3 is 0 Å². The van der Waals surface area contributed by atoms with Crippen LogP contribution < -0.4 is 0 Å². The van der Waals surface area contributed by atoms with E-state index in [0.717, 1.165) is 37.2 Å². The first-order chi connectivity index (χ1) is 14.1. The predicted octanol–water partition coefficient (Wildman–Crippen LogP) is 4.49. The van der Waals surface area contributed by atoms with E-state index in [-0.39, 0.29) is 11.7 Å². The lowest BCUT2D eigenvalue weighted by molar-refractivity contribution is -0.129. The van der Waals surface area contributed by atoms with Crippen LogP contribution in [-0.2, 0) is 4.79 Å². The molecule has 1 aromatic heterocycles. The number of hydrogen-bond acceptors (Lipinski definition) is 4. The minimum Gasteiger partial charge on any atom is -0.342 e. The Balaban J connectivity index is 1.66. The zero-order valence-electron chi connectivity index (χ0n) is 16.3. The number of piperidine rings is 1. The van der Waals surface area contributed by atoms with Gasteiger partial charge < -0.3 is 4.90 Å². The third-order valence-electron chi connectivity index (χ3n) is 5.07. The number of carbonyl (C=O) groups is 1. The maximum Gasteiger partial charge on any atom is 0.233 e. The Labute approximate surface area is 173 Å². The first kappa shape index (κ1) is 19.6. The summed E-state index contributed by atoms with van der Waals surface area (Å²) < 4.78 is 16.3. The Kier molecular flexibility index (Phi) is 5.94. The molecular weight excluding hydrogens is 387 g/mol. The third kappa shape index (κ3) is 4.34. The molecule has 0 bridgehead atoms. The van der Waals surface area contributed by atoms with Gasteiger partial charge in [-0.2, -0.15) is 0 Å². The van der Waals surface area contributed by atoms with Crippen LogP contribution in [0.2, 0.25) is 0 Å². The van der Waals surface area contributed by atoms with Gasteiger partial charge in [0.05, 0.1) is 11.3 Å². The average molecular weight is 411 g/mol. The van der Waals surface area contributed by atoms with Gasteiger partial charge in [0.1, 0.15) is 5.82 Å². The highest BCUT2D eigenvalue weighted by molar-refractivity contribution is 7.99. The zero-order valence-corrected chi connectivity index (χ0v) is 17.2. The molecule has 1 saturated heterocycles. The minimum absolute atomic E-state index is 0.112. The maximum atomic E-state index is 14.5. The molecule has 5 nitrogen and oxygen atoms in total. The summed E-state index contributed by atoms with van der Waals surface area (Å²) in [5, 5.41) is 9.13. The van der Waals surface area contributed by atoms with Crippen LogP contribution in [0.5, 0.6) is 0 Å². The predicted molar refractivity (Wildman–Crippen MR) is 113 cm³/mol. The van der Waals surface area contributed by atoms with Gasteiger partial charge in [-0.05, 0) is 50.5 Å². The van der Waals surface area contributed by atoms with E-state index in [0.29, 0.717) is 22.3 Å². The molecule has 4 rings (SSSR count). The monoisotopic (exact) mass is 410 g/mol. The van der Waals surface area contributed by atoms with E-state index in [4.69, 9.17) is 0 Å². The highest BCUT2D eigenvalue weighted by atomic mass is 32.2. The van der Waals surface area contributed by atoms with Gasteiger partial charge in [0.25, 0.3) is 0 Å². The van der Waals surface area contributed by atoms with Crippen LogP contribution in [-0.4, -0.2) is 44.4 Å². The Morgan fingerprint density at radius 2 is 1.76 bits per heavy atom. The van der Waals surface area contributed by atoms with Gasteiger partial charge in [-0.3, -0.25) is 9.36 Å². The van der Waals surface area contributed by atoms with Gasteiger partial charge in [0.2, 0.25) is 5.91 Å². The van der Waals surface area contributed by atoms with Crippen molar-refractivity contribution in [3.8, 4) is 17.1 Å². The highest BCUT2D eigenvalue weighted by Gasteiger charge is 2.21. The van der Waals surface area contributed by atoms with Crippen molar-refractivity contribution in [2.75, 3.05) is 18.8 Å². The second kappa shape index (κ2) is 8.78. The molecule has 29 heavy (non-hydrogen) atoms. The summed E-state index contributed by atoms with van der Waals surface area (Å²) in [6, 6.07) is 14.4. The van der Waals surface area contributed by atoms with E-state index in [1.165, 1.54) is 24.2 Å². The molecular formula is C22H23FN4OS. The molecule has 0 spiro atoms. The number of aromatic nitrogens is 3. The Hall–Kier alpha value is -2.67. The summed E-state index contributed by atoms with van der Waals surface area (Å²) in [4.78, 5) is 14.5. The number of nitrogens with zero attached hydrogens (tertiary/aromatic N) is 4. The van der Waals surface area contributed by atoms with Gasteiger partial charge in [-0.1, -0.05) is 41.6 Å². The summed E-state index contributed by atoms with van der Waals surface area (Å²) in [6.07, 6.45) is 3.31. The molecule has 0 aliphatic carbocycles. The van der Waals surface area contributed by atoms with Crippen molar-refractivity contribution < 1.29 is 9.18 Å². The lowest BCUT2D eigenvalue weighted by Gasteiger charge is -2.26. The van der Waals surface area contributed by atoms with Crippen molar-refractivity contribution in [2.45, 2.75) is 31.3 Å². The van der Waals surface area contributed by atoms with E-state index in [1.54, 1.807) is 18.2 Å². The third-order valence-corrected chi connectivity index (χ3v) is 5.99. The van der Waals surface area contributed by atoms with E-state index in [2.05, 4.69) is 10.2 Å². The lowest BCUT2D eigenvalue weighted by atomic mass is 10.1. The second-order valence-corrected chi connectivity index (χ2v) is 8.13. The van der Waals surface area contributed by atoms with E-state index >= 15 is 0 Å². The van der Waals surface area contributed by atoms with Gasteiger partial charge in [-0.15, -0.1) is 10.2 Å². The van der Waals surface area contributed by atoms with Gasteiger partial charge in [0.15, 0.2) is 11.0 Å². The highest BCUT2D eigenvalue weighted by Crippen LogP contribution is 2.29. The number of aryl methyl sites for hydroxylation is 1. The molecule has 0 N–H and O–H groups in total. The molecule has 0 unspecified atom stereocenters. The van der Waals surface area contributed by atoms with Crippen LogP contribution in [0.4, 0.5) is 4.39 Å². The number of benzene rings is 2. The molecule has 0 saturated carbocycles. The average Bonchev–Trinajstić information content (AvgIpc) is 3.17. The SMILES string of the molecule is Cc1ccc(-n2c(SCC(=O)N3CCCCC3)nnc2-c2ccccc2F)cc1. The minimum atomic E-state index is -0.353. The number of amides is 1. The molecule has 2 heterocycles. The van der Waals surface area contributed by atoms with Crippen LogP contribution in [0.1, 0.15) is 24.8 Å². The van der Waals surface area contributed by atoms with Crippen molar-refractivity contribution >= 4 is 17.7 Å². The summed E-state index contributed by atoms with van der Waals surface area (Å²) in [5.74, 6) is 0.482. The largest absolute Gasteiger partial charge is 0.342 e. The molecule has 7 heteroatoms. The number of thioether (sulfide) groups is 1. The summed E-state index contributed by atoms with van der Waals surface area (Å²) in [6.45, 7) is 3.66. The molecule has 150 valence electrons. The molecule has 1 fully saturated rings. The van der Waals surface area contributed by atoms with Gasteiger partial charge in [-0.25, -0.2) is 4.39 Å². The maximum absolute atomic E-state index is 14.5. The Morgan fingerprint density at radius 1 is 1.03 bits per heavy atom. The second-order valence-electron chi connectivity index (χ2n) is 7.19. The quantitative estimate of drug-likeness (QED) is 0.582. The summed E-state index contributed by atoms with van der Waals surface area (Å²) in [7, 11) is 0. The number of halogens is 1. The summed E-state index contributed by atoms with van der Waals surface area (Å²) in [5.41, 5.74) is 2.35. The number of rotatable bonds is 5. The first-order valence-corrected chi connectivity index (χ1v) is 10.8. The Bertz CT molecular complexity index is 996. The van der Waals surface area contributed by atoms with Crippen LogP contribution >= 0.6 is 11.8 Å². The van der Waals surface area contributed by atoms with Crippen molar-refractivity contribution in [2.24, 2.45) is 0 Å². The van der Waals surface area contributed by atoms with Crippen molar-refractivity contribution in [3.63, 3.8) is 0 Å². The van der Waals surface area contributed by atoms with Crippen LogP contribution in [0.25, 0.3) is 17.1 Å². The molecule has 1 aliphatic heterocycles. The smallest absolute Gasteiger partial charge is 0.233 e. The summed E-state index contributed by atoms with van der Waals surface area (Å²) >= 11 is 1.34. The number of likely N-dealkylation sites (tertiary alicyclic amines) is 1. The zero-order chi connectivity index (χ0) is 20.2. The Morgan fingerprint density at radius 3 is 2.48 bits per heavy atom. The normalized spacial score (nSPS) is 14.2. The first-order valence-electron chi connectivity index (χ1n) is 9.81. The van der Waals surface area contributed by atoms with Crippen molar-refractivity contribution in [1.29, 1.82) is 0 Å². The molecule has 1 aliphatic rings. The van der Waals surface area contributed by atoms with E-state index < -0.39 is 0 Å². The number of hydrogen-bond donors (Lipinski definition) is 0. The fourth-order valence-electron chi connectivity index (χ4n) is 3.47. The standard InChI is InChI=1S/C22H23FN4OS/c1-16-9-11-17(12-10-16)27-21(18-7-3-4-8-19(18)23)24-25-22(27)29-15-20(28)26-13-5-2-6-14-26/h3-4,7-12H,2,5-6,13-15H2,1H3. The van der Waals surface area contributed by atoms with E-state index in [9.17, 15) is 9.18 Å². The molecule has 2 aromatic carbocycles. The van der Waals surface area contributed by atoms with E-state index in [1.807, 2.05) is 40.7 Å². The molecule has 1 amide bonds. The number of carbonyl (C=O) groups excluding carboxylic acids is 1. The molecule has 0 atom stereocenters. The molecule has 0 radical (unpaired) electrons. The van der Waals surface area contributed by atoms with Crippen LogP contribution in [0.15, 0.2) is 53.7 Å². The molecule has 3 aromatic rings. The lowest BCUT2D eigenvalue weighted by Crippen LogP contribution is -2.36. The topological polar surface area (TPSA) is 51.0 Å².